The summed E-state index contributed by atoms with van der Waals surface area (Å²) in [7, 11) is 1.98. The number of likely N-dealkylation sites (N-methyl/N-ethyl adjacent to an activating group) is 1. The van der Waals surface area contributed by atoms with Gasteiger partial charge >= 0.3 is 0 Å². The fourth-order valence-corrected chi connectivity index (χ4v) is 0.936. The molecule has 0 aliphatic carbocycles. The van der Waals surface area contributed by atoms with Gasteiger partial charge in [0.1, 0.15) is 6.29 Å². The van der Waals surface area contributed by atoms with Crippen LogP contribution in [0.25, 0.3) is 0 Å². The first-order valence-corrected chi connectivity index (χ1v) is 3.86. The molecule has 0 saturated heterocycles. The summed E-state index contributed by atoms with van der Waals surface area (Å²) in [5, 5.41) is 0. The van der Waals surface area contributed by atoms with Crippen LogP contribution in [-0.2, 0) is 4.79 Å². The second kappa shape index (κ2) is 5.42. The maximum Gasteiger partial charge on any atom is 0.133 e. The molecule has 0 aromatic carbocycles. The Hall–Kier alpha value is -0.370. The predicted octanol–water partition coefficient (Wildman–Crippen LogP) is 1.31. The molecule has 0 radical (unpaired) electrons. The topological polar surface area (TPSA) is 20.3 Å². The van der Waals surface area contributed by atoms with Gasteiger partial charge in [-0.25, -0.2) is 0 Å². The summed E-state index contributed by atoms with van der Waals surface area (Å²) in [6, 6.07) is 0.537. The monoisotopic (exact) mass is 143 g/mol. The van der Waals surface area contributed by atoms with E-state index in [1.165, 1.54) is 12.8 Å². The van der Waals surface area contributed by atoms with Crippen LogP contribution in [0.3, 0.4) is 0 Å². The number of carbonyl (C=O) groups is 1. The van der Waals surface area contributed by atoms with Crippen molar-refractivity contribution in [3.63, 3.8) is 0 Å². The zero-order valence-corrected chi connectivity index (χ0v) is 7.13. The summed E-state index contributed by atoms with van der Waals surface area (Å²) in [5.74, 6) is 0. The molecule has 0 spiro atoms. The highest BCUT2D eigenvalue weighted by Crippen LogP contribution is 2.01. The number of hydrogen-bond donors (Lipinski definition) is 0. The smallest absolute Gasteiger partial charge is 0.133 e. The van der Waals surface area contributed by atoms with Gasteiger partial charge < -0.3 is 4.79 Å². The Balaban J connectivity index is 3.47. The van der Waals surface area contributed by atoms with Crippen molar-refractivity contribution in [1.82, 2.24) is 4.90 Å². The van der Waals surface area contributed by atoms with Crippen molar-refractivity contribution in [2.75, 3.05) is 13.6 Å². The van der Waals surface area contributed by atoms with Crippen LogP contribution in [0.5, 0.6) is 0 Å². The fourth-order valence-electron chi connectivity index (χ4n) is 0.936. The molecule has 1 unspecified atom stereocenters. The quantitative estimate of drug-likeness (QED) is 0.541. The molecule has 0 fully saturated rings. The molecule has 2 nitrogen and oxygen atoms in total. The molecule has 0 amide bonds. The molecular formula is C8H17NO. The first-order valence-electron chi connectivity index (χ1n) is 3.86. The van der Waals surface area contributed by atoms with Crippen molar-refractivity contribution in [1.29, 1.82) is 0 Å². The van der Waals surface area contributed by atoms with Gasteiger partial charge in [-0.1, -0.05) is 13.3 Å². The second-order valence-electron chi connectivity index (χ2n) is 2.74. The zero-order valence-electron chi connectivity index (χ0n) is 7.13. The van der Waals surface area contributed by atoms with E-state index in [2.05, 4.69) is 18.7 Å². The Morgan fingerprint density at radius 2 is 2.20 bits per heavy atom. The fraction of sp³-hybridized carbons (Fsp3) is 0.875. The van der Waals surface area contributed by atoms with Gasteiger partial charge in [-0.2, -0.15) is 0 Å². The molecule has 10 heavy (non-hydrogen) atoms. The lowest BCUT2D eigenvalue weighted by Crippen LogP contribution is -2.30. The SMILES string of the molecule is CCCC(C)N(C)CC=O. The van der Waals surface area contributed by atoms with Gasteiger partial charge in [0.05, 0.1) is 6.54 Å². The summed E-state index contributed by atoms with van der Waals surface area (Å²) in [4.78, 5) is 12.1. The molecule has 0 aliphatic rings. The number of rotatable bonds is 5. The Kier molecular flexibility index (Phi) is 5.22. The lowest BCUT2D eigenvalue weighted by Gasteiger charge is -2.21. The number of carbonyl (C=O) groups excluding carboxylic acids is 1. The van der Waals surface area contributed by atoms with Gasteiger partial charge in [0.25, 0.3) is 0 Å². The van der Waals surface area contributed by atoms with Crippen molar-refractivity contribution in [2.45, 2.75) is 32.7 Å². The summed E-state index contributed by atoms with van der Waals surface area (Å²) in [6.45, 7) is 4.86. The van der Waals surface area contributed by atoms with Crippen LogP contribution in [-0.4, -0.2) is 30.8 Å². The third-order valence-corrected chi connectivity index (χ3v) is 1.82. The molecule has 0 rings (SSSR count). The van der Waals surface area contributed by atoms with Gasteiger partial charge in [0.15, 0.2) is 0 Å². The van der Waals surface area contributed by atoms with Crippen molar-refractivity contribution in [3.05, 3.63) is 0 Å². The van der Waals surface area contributed by atoms with Crippen LogP contribution in [0.15, 0.2) is 0 Å². The highest BCUT2D eigenvalue weighted by Gasteiger charge is 2.05. The summed E-state index contributed by atoms with van der Waals surface area (Å²) < 4.78 is 0. The molecule has 60 valence electrons. The van der Waals surface area contributed by atoms with E-state index in [0.717, 1.165) is 6.29 Å². The van der Waals surface area contributed by atoms with Gasteiger partial charge in [0, 0.05) is 6.04 Å². The third-order valence-electron chi connectivity index (χ3n) is 1.82. The molecule has 2 heteroatoms. The standard InChI is InChI=1S/C8H17NO/c1-4-5-8(2)9(3)6-7-10/h7-8H,4-6H2,1-3H3. The zero-order chi connectivity index (χ0) is 7.98. The van der Waals surface area contributed by atoms with Crippen molar-refractivity contribution in [2.24, 2.45) is 0 Å². The first-order chi connectivity index (χ1) is 4.72. The van der Waals surface area contributed by atoms with Crippen LogP contribution < -0.4 is 0 Å². The minimum Gasteiger partial charge on any atom is -0.302 e. The average Bonchev–Trinajstić information content (AvgIpc) is 1.89. The minimum absolute atomic E-state index is 0.537. The maximum absolute atomic E-state index is 10.1. The van der Waals surface area contributed by atoms with Crippen LogP contribution in [0.2, 0.25) is 0 Å². The average molecular weight is 143 g/mol. The first kappa shape index (κ1) is 9.63. The Morgan fingerprint density at radius 1 is 1.60 bits per heavy atom. The lowest BCUT2D eigenvalue weighted by atomic mass is 10.2. The van der Waals surface area contributed by atoms with Gasteiger partial charge in [-0.15, -0.1) is 0 Å². The second-order valence-corrected chi connectivity index (χ2v) is 2.74. The maximum atomic E-state index is 10.1. The van der Waals surface area contributed by atoms with E-state index < -0.39 is 0 Å². The summed E-state index contributed by atoms with van der Waals surface area (Å²) >= 11 is 0. The van der Waals surface area contributed by atoms with Crippen molar-refractivity contribution < 1.29 is 4.79 Å². The summed E-state index contributed by atoms with van der Waals surface area (Å²) in [6.07, 6.45) is 3.31. The molecule has 0 bridgehead atoms. The largest absolute Gasteiger partial charge is 0.302 e. The van der Waals surface area contributed by atoms with Crippen LogP contribution in [0.4, 0.5) is 0 Å². The third kappa shape index (κ3) is 3.62. The van der Waals surface area contributed by atoms with E-state index in [1.54, 1.807) is 0 Å². The molecule has 1 atom stereocenters. The molecule has 0 N–H and O–H groups in total. The Labute approximate surface area is 63.2 Å². The summed E-state index contributed by atoms with van der Waals surface area (Å²) in [5.41, 5.74) is 0. The molecule has 0 aromatic rings. The van der Waals surface area contributed by atoms with E-state index >= 15 is 0 Å². The Bertz CT molecular complexity index is 93.3. The van der Waals surface area contributed by atoms with Crippen molar-refractivity contribution in [3.8, 4) is 0 Å². The minimum atomic E-state index is 0.537. The normalized spacial score (nSPS) is 13.6. The number of aldehydes is 1. The molecular weight excluding hydrogens is 126 g/mol. The van der Waals surface area contributed by atoms with Crippen LogP contribution >= 0.6 is 0 Å². The van der Waals surface area contributed by atoms with Crippen LogP contribution in [0.1, 0.15) is 26.7 Å². The van der Waals surface area contributed by atoms with E-state index in [0.29, 0.717) is 12.6 Å². The van der Waals surface area contributed by atoms with E-state index in [1.807, 2.05) is 7.05 Å². The molecule has 0 heterocycles. The predicted molar refractivity (Wildman–Crippen MR) is 43.1 cm³/mol. The van der Waals surface area contributed by atoms with Crippen LogP contribution in [0, 0.1) is 0 Å². The van der Waals surface area contributed by atoms with Crippen molar-refractivity contribution >= 4 is 6.29 Å². The molecule has 0 aromatic heterocycles. The molecule has 0 saturated carbocycles. The number of hydrogen-bond acceptors (Lipinski definition) is 2. The highest BCUT2D eigenvalue weighted by molar-refractivity contribution is 5.51. The highest BCUT2D eigenvalue weighted by atomic mass is 16.1. The van der Waals surface area contributed by atoms with Gasteiger partial charge in [-0.3, -0.25) is 4.90 Å². The lowest BCUT2D eigenvalue weighted by molar-refractivity contribution is -0.109. The van der Waals surface area contributed by atoms with Gasteiger partial charge in [0.2, 0.25) is 0 Å². The Morgan fingerprint density at radius 3 is 2.60 bits per heavy atom. The number of nitrogens with zero attached hydrogens (tertiary/aromatic N) is 1. The van der Waals surface area contributed by atoms with E-state index in [4.69, 9.17) is 0 Å². The van der Waals surface area contributed by atoms with E-state index in [-0.39, 0.29) is 0 Å². The van der Waals surface area contributed by atoms with E-state index in [9.17, 15) is 4.79 Å². The molecule has 0 aliphatic heterocycles. The van der Waals surface area contributed by atoms with Gasteiger partial charge in [-0.05, 0) is 20.4 Å².